The molecular formula is C18H22BrNO. The number of ether oxygens (including phenoxy) is 1. The van der Waals surface area contributed by atoms with Crippen LogP contribution in [0.1, 0.15) is 25.0 Å². The van der Waals surface area contributed by atoms with Gasteiger partial charge >= 0.3 is 0 Å². The molecule has 0 saturated heterocycles. The highest BCUT2D eigenvalue weighted by Gasteiger charge is 2.04. The summed E-state index contributed by atoms with van der Waals surface area (Å²) in [5.41, 5.74) is 2.47. The minimum atomic E-state index is 0.660. The Hall–Kier alpha value is -1.32. The Morgan fingerprint density at radius 2 is 1.71 bits per heavy atom. The average molecular weight is 348 g/mol. The molecular weight excluding hydrogens is 326 g/mol. The van der Waals surface area contributed by atoms with Crippen molar-refractivity contribution in [1.29, 1.82) is 0 Å². The van der Waals surface area contributed by atoms with Gasteiger partial charge in [-0.05, 0) is 49.2 Å². The molecule has 0 unspecified atom stereocenters. The highest BCUT2D eigenvalue weighted by Crippen LogP contribution is 2.27. The molecule has 0 atom stereocenters. The van der Waals surface area contributed by atoms with E-state index in [0.717, 1.165) is 29.1 Å². The lowest BCUT2D eigenvalue weighted by atomic mass is 10.2. The molecule has 0 saturated carbocycles. The quantitative estimate of drug-likeness (QED) is 0.765. The minimum Gasteiger partial charge on any atom is -0.457 e. The summed E-state index contributed by atoms with van der Waals surface area (Å²) < 4.78 is 6.93. The van der Waals surface area contributed by atoms with E-state index in [1.54, 1.807) is 0 Å². The topological polar surface area (TPSA) is 21.3 Å². The Morgan fingerprint density at radius 3 is 2.33 bits per heavy atom. The predicted octanol–water partition coefficient (Wildman–Crippen LogP) is 5.30. The second-order valence-electron chi connectivity index (χ2n) is 5.69. The van der Waals surface area contributed by atoms with Crippen molar-refractivity contribution < 1.29 is 4.74 Å². The van der Waals surface area contributed by atoms with E-state index in [2.05, 4.69) is 60.2 Å². The van der Waals surface area contributed by atoms with Crippen LogP contribution in [0.5, 0.6) is 11.5 Å². The van der Waals surface area contributed by atoms with E-state index in [4.69, 9.17) is 4.74 Å². The van der Waals surface area contributed by atoms with E-state index in [0.29, 0.717) is 5.92 Å². The number of benzene rings is 2. The lowest BCUT2D eigenvalue weighted by molar-refractivity contribution is 0.481. The second kappa shape index (κ2) is 7.62. The van der Waals surface area contributed by atoms with Crippen LogP contribution < -0.4 is 10.1 Å². The van der Waals surface area contributed by atoms with Gasteiger partial charge < -0.3 is 10.1 Å². The molecule has 0 amide bonds. The molecule has 2 aromatic carbocycles. The van der Waals surface area contributed by atoms with E-state index in [1.807, 2.05) is 24.3 Å². The molecule has 21 heavy (non-hydrogen) atoms. The molecule has 0 bridgehead atoms. The lowest BCUT2D eigenvalue weighted by Gasteiger charge is -2.11. The van der Waals surface area contributed by atoms with Gasteiger partial charge in [-0.3, -0.25) is 0 Å². The minimum absolute atomic E-state index is 0.660. The molecule has 2 rings (SSSR count). The third kappa shape index (κ3) is 5.18. The van der Waals surface area contributed by atoms with Crippen LogP contribution in [-0.2, 0) is 6.54 Å². The first kappa shape index (κ1) is 16.1. The fourth-order valence-electron chi connectivity index (χ4n) is 1.97. The van der Waals surface area contributed by atoms with Crippen molar-refractivity contribution in [2.24, 2.45) is 5.92 Å². The van der Waals surface area contributed by atoms with Crippen LogP contribution in [0.4, 0.5) is 0 Å². The van der Waals surface area contributed by atoms with Gasteiger partial charge in [0.05, 0.1) is 0 Å². The van der Waals surface area contributed by atoms with Crippen LogP contribution in [0.25, 0.3) is 0 Å². The first-order chi connectivity index (χ1) is 10.0. The zero-order valence-corrected chi connectivity index (χ0v) is 14.4. The van der Waals surface area contributed by atoms with E-state index in [-0.39, 0.29) is 0 Å². The molecule has 2 nitrogen and oxygen atoms in total. The molecule has 2 aromatic rings. The van der Waals surface area contributed by atoms with Crippen LogP contribution in [0, 0.1) is 12.8 Å². The monoisotopic (exact) mass is 347 g/mol. The predicted molar refractivity (Wildman–Crippen MR) is 91.9 cm³/mol. The molecule has 0 aliphatic heterocycles. The summed E-state index contributed by atoms with van der Waals surface area (Å²) in [5, 5.41) is 3.45. The van der Waals surface area contributed by atoms with Crippen molar-refractivity contribution in [1.82, 2.24) is 5.32 Å². The highest BCUT2D eigenvalue weighted by atomic mass is 79.9. The van der Waals surface area contributed by atoms with Gasteiger partial charge in [-0.2, -0.15) is 0 Å². The number of hydrogen-bond acceptors (Lipinski definition) is 2. The molecule has 0 heterocycles. The van der Waals surface area contributed by atoms with E-state index < -0.39 is 0 Å². The summed E-state index contributed by atoms with van der Waals surface area (Å²) in [7, 11) is 0. The van der Waals surface area contributed by atoms with Crippen molar-refractivity contribution in [3.63, 3.8) is 0 Å². The Kier molecular flexibility index (Phi) is 5.83. The zero-order valence-electron chi connectivity index (χ0n) is 12.8. The Labute approximate surface area is 135 Å². The molecule has 0 aliphatic carbocycles. The summed E-state index contributed by atoms with van der Waals surface area (Å²) >= 11 is 3.62. The molecule has 0 spiro atoms. The summed E-state index contributed by atoms with van der Waals surface area (Å²) in [5.74, 6) is 2.37. The zero-order chi connectivity index (χ0) is 15.2. The fraction of sp³-hybridized carbons (Fsp3) is 0.333. The first-order valence-electron chi connectivity index (χ1n) is 7.28. The van der Waals surface area contributed by atoms with Crippen molar-refractivity contribution >= 4 is 15.9 Å². The molecule has 3 heteroatoms. The van der Waals surface area contributed by atoms with Gasteiger partial charge in [0.15, 0.2) is 0 Å². The molecule has 0 radical (unpaired) electrons. The highest BCUT2D eigenvalue weighted by molar-refractivity contribution is 9.10. The maximum absolute atomic E-state index is 5.86. The van der Waals surface area contributed by atoms with E-state index in [9.17, 15) is 0 Å². The van der Waals surface area contributed by atoms with Crippen LogP contribution >= 0.6 is 15.9 Å². The third-order valence-electron chi connectivity index (χ3n) is 3.15. The lowest BCUT2D eigenvalue weighted by Crippen LogP contribution is -2.19. The van der Waals surface area contributed by atoms with Gasteiger partial charge in [-0.25, -0.2) is 0 Å². The van der Waals surface area contributed by atoms with E-state index >= 15 is 0 Å². The Balaban J connectivity index is 1.99. The van der Waals surface area contributed by atoms with Crippen LogP contribution in [0.2, 0.25) is 0 Å². The maximum atomic E-state index is 5.86. The number of hydrogen-bond donors (Lipinski definition) is 1. The summed E-state index contributed by atoms with van der Waals surface area (Å²) in [6.45, 7) is 8.37. The van der Waals surface area contributed by atoms with Gasteiger partial charge in [0.25, 0.3) is 0 Å². The summed E-state index contributed by atoms with van der Waals surface area (Å²) in [6.07, 6.45) is 0. The van der Waals surface area contributed by atoms with Gasteiger partial charge in [0.2, 0.25) is 0 Å². The third-order valence-corrected chi connectivity index (χ3v) is 3.89. The van der Waals surface area contributed by atoms with Crippen LogP contribution in [0.15, 0.2) is 46.9 Å². The molecule has 1 N–H and O–H groups in total. The number of halogens is 1. The van der Waals surface area contributed by atoms with Gasteiger partial charge in [0, 0.05) is 11.0 Å². The van der Waals surface area contributed by atoms with Crippen LogP contribution in [-0.4, -0.2) is 6.54 Å². The molecule has 112 valence electrons. The van der Waals surface area contributed by atoms with Crippen molar-refractivity contribution in [2.45, 2.75) is 27.3 Å². The Morgan fingerprint density at radius 1 is 1.05 bits per heavy atom. The SMILES string of the molecule is Cc1ccc(Oc2ccc(CNCC(C)C)c(Br)c2)cc1. The van der Waals surface area contributed by atoms with Crippen LogP contribution in [0.3, 0.4) is 0 Å². The summed E-state index contributed by atoms with van der Waals surface area (Å²) in [6, 6.07) is 14.2. The average Bonchev–Trinajstić information content (AvgIpc) is 2.43. The first-order valence-corrected chi connectivity index (χ1v) is 8.07. The maximum Gasteiger partial charge on any atom is 0.128 e. The smallest absolute Gasteiger partial charge is 0.128 e. The second-order valence-corrected chi connectivity index (χ2v) is 6.55. The number of nitrogens with one attached hydrogen (secondary N) is 1. The molecule has 0 aromatic heterocycles. The largest absolute Gasteiger partial charge is 0.457 e. The molecule has 0 fully saturated rings. The number of aryl methyl sites for hydroxylation is 1. The van der Waals surface area contributed by atoms with Crippen molar-refractivity contribution in [3.8, 4) is 11.5 Å². The standard InChI is InChI=1S/C18H22BrNO/c1-13(2)11-20-12-15-6-9-17(10-18(15)19)21-16-7-4-14(3)5-8-16/h4-10,13,20H,11-12H2,1-3H3. The number of rotatable bonds is 6. The normalized spacial score (nSPS) is 10.9. The van der Waals surface area contributed by atoms with E-state index in [1.165, 1.54) is 11.1 Å². The van der Waals surface area contributed by atoms with Crippen molar-refractivity contribution in [2.75, 3.05) is 6.54 Å². The van der Waals surface area contributed by atoms with Gasteiger partial charge in [-0.1, -0.05) is 53.5 Å². The fourth-order valence-corrected chi connectivity index (χ4v) is 2.47. The van der Waals surface area contributed by atoms with Crippen molar-refractivity contribution in [3.05, 3.63) is 58.1 Å². The van der Waals surface area contributed by atoms with Gasteiger partial charge in [-0.15, -0.1) is 0 Å². The van der Waals surface area contributed by atoms with Gasteiger partial charge in [0.1, 0.15) is 11.5 Å². The summed E-state index contributed by atoms with van der Waals surface area (Å²) in [4.78, 5) is 0. The molecule has 0 aliphatic rings. The Bertz CT molecular complexity index is 578.